The Labute approximate surface area is 72.6 Å². The van der Waals surface area contributed by atoms with Crippen molar-refractivity contribution in [3.8, 4) is 0 Å². The summed E-state index contributed by atoms with van der Waals surface area (Å²) < 4.78 is 4.64. The van der Waals surface area contributed by atoms with Crippen LogP contribution in [0.5, 0.6) is 0 Å². The molecule has 3 atom stereocenters. The van der Waals surface area contributed by atoms with Crippen molar-refractivity contribution in [2.75, 3.05) is 7.11 Å². The summed E-state index contributed by atoms with van der Waals surface area (Å²) in [6, 6.07) is 0. The van der Waals surface area contributed by atoms with Crippen LogP contribution in [0.1, 0.15) is 19.3 Å². The first-order valence-electron chi connectivity index (χ1n) is 4.53. The van der Waals surface area contributed by atoms with Crippen LogP contribution >= 0.6 is 0 Å². The standard InChI is InChI=1S/C10H14O2/c1-6(10(11)12-2)9-7-4-3-5-8(7)9/h7-9H,1,3-5H2,2H3/t7-,8+,9?. The number of rotatable bonds is 2. The Kier molecular flexibility index (Phi) is 1.71. The Morgan fingerprint density at radius 2 is 2.00 bits per heavy atom. The summed E-state index contributed by atoms with van der Waals surface area (Å²) in [5.74, 6) is 1.77. The number of carbonyl (C=O) groups is 1. The van der Waals surface area contributed by atoms with E-state index in [0.29, 0.717) is 11.5 Å². The fourth-order valence-electron chi connectivity index (χ4n) is 2.61. The fraction of sp³-hybridized carbons (Fsp3) is 0.700. The quantitative estimate of drug-likeness (QED) is 0.461. The van der Waals surface area contributed by atoms with Crippen molar-refractivity contribution in [2.24, 2.45) is 17.8 Å². The first kappa shape index (κ1) is 7.84. The zero-order chi connectivity index (χ0) is 8.72. The largest absolute Gasteiger partial charge is 0.466 e. The Balaban J connectivity index is 1.96. The normalized spacial score (nSPS) is 37.2. The lowest BCUT2D eigenvalue weighted by atomic mass is 10.1. The van der Waals surface area contributed by atoms with Crippen molar-refractivity contribution in [1.29, 1.82) is 0 Å². The summed E-state index contributed by atoms with van der Waals surface area (Å²) in [5, 5.41) is 0. The lowest BCUT2D eigenvalue weighted by Crippen LogP contribution is -2.07. The molecule has 66 valence electrons. The van der Waals surface area contributed by atoms with Gasteiger partial charge in [0.15, 0.2) is 0 Å². The molecule has 0 aromatic heterocycles. The van der Waals surface area contributed by atoms with Gasteiger partial charge in [-0.05, 0) is 30.6 Å². The maximum atomic E-state index is 11.1. The summed E-state index contributed by atoms with van der Waals surface area (Å²) in [6.45, 7) is 3.80. The lowest BCUT2D eigenvalue weighted by molar-refractivity contribution is -0.136. The SMILES string of the molecule is C=C(C(=O)OC)C1[C@H]2CCC[C@@H]12. The molecule has 0 saturated heterocycles. The van der Waals surface area contributed by atoms with Crippen LogP contribution in [-0.4, -0.2) is 13.1 Å². The maximum absolute atomic E-state index is 11.1. The van der Waals surface area contributed by atoms with E-state index in [0.717, 1.165) is 11.8 Å². The molecule has 1 unspecified atom stereocenters. The molecule has 2 heteroatoms. The van der Waals surface area contributed by atoms with Gasteiger partial charge in [0.2, 0.25) is 0 Å². The smallest absolute Gasteiger partial charge is 0.333 e. The number of hydrogen-bond acceptors (Lipinski definition) is 2. The molecule has 12 heavy (non-hydrogen) atoms. The van der Waals surface area contributed by atoms with Crippen molar-refractivity contribution in [3.05, 3.63) is 12.2 Å². The van der Waals surface area contributed by atoms with Crippen LogP contribution in [0.3, 0.4) is 0 Å². The number of hydrogen-bond donors (Lipinski definition) is 0. The van der Waals surface area contributed by atoms with E-state index in [9.17, 15) is 4.79 Å². The molecular weight excluding hydrogens is 152 g/mol. The van der Waals surface area contributed by atoms with Gasteiger partial charge in [-0.1, -0.05) is 13.0 Å². The second kappa shape index (κ2) is 2.61. The molecule has 0 N–H and O–H groups in total. The van der Waals surface area contributed by atoms with Crippen LogP contribution in [-0.2, 0) is 9.53 Å². The van der Waals surface area contributed by atoms with Crippen molar-refractivity contribution in [2.45, 2.75) is 19.3 Å². The number of methoxy groups -OCH3 is 1. The number of carbonyl (C=O) groups excluding carboxylic acids is 1. The molecule has 2 saturated carbocycles. The number of fused-ring (bicyclic) bond motifs is 1. The van der Waals surface area contributed by atoms with Gasteiger partial charge in [0.05, 0.1) is 7.11 Å². The van der Waals surface area contributed by atoms with Crippen molar-refractivity contribution in [1.82, 2.24) is 0 Å². The topological polar surface area (TPSA) is 26.3 Å². The third kappa shape index (κ3) is 0.977. The highest BCUT2D eigenvalue weighted by Gasteiger charge is 2.55. The minimum atomic E-state index is -0.214. The van der Waals surface area contributed by atoms with E-state index in [2.05, 4.69) is 11.3 Å². The van der Waals surface area contributed by atoms with Gasteiger partial charge in [0, 0.05) is 5.57 Å². The summed E-state index contributed by atoms with van der Waals surface area (Å²) >= 11 is 0. The average molecular weight is 166 g/mol. The van der Waals surface area contributed by atoms with Gasteiger partial charge < -0.3 is 4.74 Å². The summed E-state index contributed by atoms with van der Waals surface area (Å²) in [6.07, 6.45) is 3.90. The van der Waals surface area contributed by atoms with Crippen LogP contribution < -0.4 is 0 Å². The van der Waals surface area contributed by atoms with E-state index in [4.69, 9.17) is 0 Å². The molecule has 2 nitrogen and oxygen atoms in total. The third-order valence-electron chi connectivity index (χ3n) is 3.26. The number of ether oxygens (including phenoxy) is 1. The van der Waals surface area contributed by atoms with Crippen LogP contribution in [0.15, 0.2) is 12.2 Å². The minimum absolute atomic E-state index is 0.214. The molecular formula is C10H14O2. The fourth-order valence-corrected chi connectivity index (χ4v) is 2.61. The van der Waals surface area contributed by atoms with E-state index < -0.39 is 0 Å². The van der Waals surface area contributed by atoms with Crippen molar-refractivity contribution < 1.29 is 9.53 Å². The first-order valence-corrected chi connectivity index (χ1v) is 4.53. The highest BCUT2D eigenvalue weighted by Crippen LogP contribution is 2.60. The molecule has 0 radical (unpaired) electrons. The molecule has 0 heterocycles. The Hall–Kier alpha value is -0.790. The van der Waals surface area contributed by atoms with Gasteiger partial charge >= 0.3 is 5.97 Å². The van der Waals surface area contributed by atoms with Crippen LogP contribution in [0.25, 0.3) is 0 Å². The summed E-state index contributed by atoms with van der Waals surface area (Å²) in [4.78, 5) is 11.1. The Bertz CT molecular complexity index is 222. The molecule has 2 aliphatic carbocycles. The minimum Gasteiger partial charge on any atom is -0.466 e. The van der Waals surface area contributed by atoms with Gasteiger partial charge in [-0.2, -0.15) is 0 Å². The van der Waals surface area contributed by atoms with E-state index in [1.807, 2.05) is 0 Å². The van der Waals surface area contributed by atoms with E-state index in [-0.39, 0.29) is 5.97 Å². The van der Waals surface area contributed by atoms with Gasteiger partial charge in [0.1, 0.15) is 0 Å². The van der Waals surface area contributed by atoms with Gasteiger partial charge in [-0.25, -0.2) is 4.79 Å². The monoisotopic (exact) mass is 166 g/mol. The molecule has 0 spiro atoms. The lowest BCUT2D eigenvalue weighted by Gasteiger charge is -2.04. The second-order valence-corrected chi connectivity index (χ2v) is 3.80. The molecule has 0 aromatic rings. The van der Waals surface area contributed by atoms with E-state index in [1.54, 1.807) is 0 Å². The highest BCUT2D eigenvalue weighted by molar-refractivity contribution is 5.89. The molecule has 2 aliphatic rings. The van der Waals surface area contributed by atoms with Crippen LogP contribution in [0.4, 0.5) is 0 Å². The van der Waals surface area contributed by atoms with Crippen LogP contribution in [0, 0.1) is 17.8 Å². The van der Waals surface area contributed by atoms with Gasteiger partial charge in [0.25, 0.3) is 0 Å². The second-order valence-electron chi connectivity index (χ2n) is 3.80. The predicted molar refractivity (Wildman–Crippen MR) is 45.5 cm³/mol. The van der Waals surface area contributed by atoms with Crippen molar-refractivity contribution in [3.63, 3.8) is 0 Å². The number of esters is 1. The third-order valence-corrected chi connectivity index (χ3v) is 3.26. The van der Waals surface area contributed by atoms with Crippen molar-refractivity contribution >= 4 is 5.97 Å². The average Bonchev–Trinajstić information content (AvgIpc) is 2.56. The zero-order valence-electron chi connectivity index (χ0n) is 7.38. The van der Waals surface area contributed by atoms with Gasteiger partial charge in [-0.15, -0.1) is 0 Å². The Morgan fingerprint density at radius 1 is 1.42 bits per heavy atom. The first-order chi connectivity index (χ1) is 5.75. The maximum Gasteiger partial charge on any atom is 0.333 e. The van der Waals surface area contributed by atoms with E-state index >= 15 is 0 Å². The van der Waals surface area contributed by atoms with Gasteiger partial charge in [-0.3, -0.25) is 0 Å². The molecule has 2 rings (SSSR count). The highest BCUT2D eigenvalue weighted by atomic mass is 16.5. The molecule has 0 bridgehead atoms. The van der Waals surface area contributed by atoms with Crippen LogP contribution in [0.2, 0.25) is 0 Å². The Morgan fingerprint density at radius 3 is 2.50 bits per heavy atom. The summed E-state index contributed by atoms with van der Waals surface area (Å²) in [5.41, 5.74) is 0.701. The zero-order valence-corrected chi connectivity index (χ0v) is 7.38. The molecule has 0 amide bonds. The predicted octanol–water partition coefficient (Wildman–Crippen LogP) is 1.76. The molecule has 0 aliphatic heterocycles. The molecule has 0 aromatic carbocycles. The summed E-state index contributed by atoms with van der Waals surface area (Å²) in [7, 11) is 1.42. The van der Waals surface area contributed by atoms with E-state index in [1.165, 1.54) is 26.4 Å². The molecule has 2 fully saturated rings.